The molecule has 3 nitrogen and oxygen atoms in total. The van der Waals surface area contributed by atoms with Crippen molar-refractivity contribution in [3.63, 3.8) is 0 Å². The SMILES string of the molecule is O=C(NNc1cccc(Cl)c1)c1ccc(-c2ccc(Cl)cc2)s1. The van der Waals surface area contributed by atoms with E-state index in [1.165, 1.54) is 11.3 Å². The standard InChI is InChI=1S/C17H12Cl2N2OS/c18-12-6-4-11(5-7-12)15-8-9-16(23-15)17(22)21-20-14-3-1-2-13(19)10-14/h1-10,20H,(H,21,22). The van der Waals surface area contributed by atoms with Crippen molar-refractivity contribution in [2.45, 2.75) is 0 Å². The zero-order valence-corrected chi connectivity index (χ0v) is 14.2. The number of halogens is 2. The van der Waals surface area contributed by atoms with E-state index in [0.29, 0.717) is 14.9 Å². The third-order valence-electron chi connectivity index (χ3n) is 3.10. The lowest BCUT2D eigenvalue weighted by molar-refractivity contribution is 0.0966. The fourth-order valence-corrected chi connectivity index (χ4v) is 3.21. The molecular formula is C17H12Cl2N2OS. The van der Waals surface area contributed by atoms with Crippen molar-refractivity contribution in [2.24, 2.45) is 0 Å². The maximum absolute atomic E-state index is 12.2. The van der Waals surface area contributed by atoms with Crippen LogP contribution < -0.4 is 10.9 Å². The predicted molar refractivity (Wildman–Crippen MR) is 97.3 cm³/mol. The van der Waals surface area contributed by atoms with E-state index < -0.39 is 0 Å². The van der Waals surface area contributed by atoms with Crippen molar-refractivity contribution in [3.05, 3.63) is 75.6 Å². The second kappa shape index (κ2) is 7.04. The van der Waals surface area contributed by atoms with Gasteiger partial charge < -0.3 is 0 Å². The van der Waals surface area contributed by atoms with E-state index in [1.807, 2.05) is 36.4 Å². The first kappa shape index (κ1) is 15.9. The molecule has 2 aromatic carbocycles. The normalized spacial score (nSPS) is 10.3. The number of thiophene rings is 1. The van der Waals surface area contributed by atoms with Gasteiger partial charge in [0.25, 0.3) is 5.91 Å². The van der Waals surface area contributed by atoms with Crippen LogP contribution in [0.4, 0.5) is 5.69 Å². The molecule has 0 aliphatic carbocycles. The van der Waals surface area contributed by atoms with Crippen molar-refractivity contribution < 1.29 is 4.79 Å². The number of carbonyl (C=O) groups excluding carboxylic acids is 1. The summed E-state index contributed by atoms with van der Waals surface area (Å²) in [6, 6.07) is 18.4. The molecule has 6 heteroatoms. The fourth-order valence-electron chi connectivity index (χ4n) is 1.99. The molecule has 1 heterocycles. The van der Waals surface area contributed by atoms with Gasteiger partial charge in [0, 0.05) is 14.9 Å². The Kier molecular flexibility index (Phi) is 4.86. The lowest BCUT2D eigenvalue weighted by Gasteiger charge is -2.07. The molecule has 0 saturated carbocycles. The van der Waals surface area contributed by atoms with Crippen molar-refractivity contribution in [1.29, 1.82) is 0 Å². The Balaban J connectivity index is 1.67. The van der Waals surface area contributed by atoms with Crippen LogP contribution in [-0.2, 0) is 0 Å². The Labute approximate surface area is 147 Å². The number of benzene rings is 2. The molecule has 0 spiro atoms. The zero-order valence-electron chi connectivity index (χ0n) is 11.8. The van der Waals surface area contributed by atoms with Gasteiger partial charge in [-0.3, -0.25) is 15.6 Å². The number of nitrogens with one attached hydrogen (secondary N) is 2. The van der Waals surface area contributed by atoms with E-state index in [0.717, 1.165) is 16.1 Å². The van der Waals surface area contributed by atoms with Crippen LogP contribution in [0, 0.1) is 0 Å². The molecule has 3 rings (SSSR count). The Morgan fingerprint density at radius 2 is 1.70 bits per heavy atom. The van der Waals surface area contributed by atoms with Gasteiger partial charge in [-0.2, -0.15) is 0 Å². The molecule has 1 amide bonds. The highest BCUT2D eigenvalue weighted by Crippen LogP contribution is 2.29. The van der Waals surface area contributed by atoms with Gasteiger partial charge in [-0.05, 0) is 48.0 Å². The van der Waals surface area contributed by atoms with Crippen LogP contribution in [0.1, 0.15) is 9.67 Å². The molecule has 0 bridgehead atoms. The summed E-state index contributed by atoms with van der Waals surface area (Å²) in [4.78, 5) is 13.8. The molecule has 0 aliphatic rings. The van der Waals surface area contributed by atoms with Crippen LogP contribution in [0.25, 0.3) is 10.4 Å². The third kappa shape index (κ3) is 4.05. The second-order valence-electron chi connectivity index (χ2n) is 4.76. The van der Waals surface area contributed by atoms with E-state index in [9.17, 15) is 4.79 Å². The topological polar surface area (TPSA) is 41.1 Å². The maximum atomic E-state index is 12.2. The second-order valence-corrected chi connectivity index (χ2v) is 6.72. The molecule has 23 heavy (non-hydrogen) atoms. The highest BCUT2D eigenvalue weighted by molar-refractivity contribution is 7.17. The van der Waals surface area contributed by atoms with Crippen LogP contribution in [0.2, 0.25) is 10.0 Å². The van der Waals surface area contributed by atoms with Gasteiger partial charge >= 0.3 is 0 Å². The number of rotatable bonds is 4. The van der Waals surface area contributed by atoms with Gasteiger partial charge in [-0.1, -0.05) is 41.4 Å². The Bertz CT molecular complexity index is 831. The Morgan fingerprint density at radius 1 is 0.913 bits per heavy atom. The van der Waals surface area contributed by atoms with Gasteiger partial charge in [0.2, 0.25) is 0 Å². The molecule has 3 aromatic rings. The summed E-state index contributed by atoms with van der Waals surface area (Å²) in [6.45, 7) is 0. The van der Waals surface area contributed by atoms with E-state index in [2.05, 4.69) is 10.9 Å². The van der Waals surface area contributed by atoms with E-state index in [1.54, 1.807) is 24.3 Å². The van der Waals surface area contributed by atoms with Crippen molar-refractivity contribution >= 4 is 46.1 Å². The number of hydrazine groups is 1. The summed E-state index contributed by atoms with van der Waals surface area (Å²) < 4.78 is 0. The first-order chi connectivity index (χ1) is 11.1. The summed E-state index contributed by atoms with van der Waals surface area (Å²) in [6.07, 6.45) is 0. The Morgan fingerprint density at radius 3 is 2.43 bits per heavy atom. The van der Waals surface area contributed by atoms with Gasteiger partial charge in [0.15, 0.2) is 0 Å². The summed E-state index contributed by atoms with van der Waals surface area (Å²) in [5, 5.41) is 1.29. The minimum atomic E-state index is -0.199. The molecule has 2 N–H and O–H groups in total. The molecule has 0 fully saturated rings. The number of carbonyl (C=O) groups is 1. The first-order valence-corrected chi connectivity index (χ1v) is 8.37. The van der Waals surface area contributed by atoms with Gasteiger partial charge in [-0.25, -0.2) is 0 Å². The predicted octanol–water partition coefficient (Wildman–Crippen LogP) is 5.48. The zero-order chi connectivity index (χ0) is 16.2. The number of hydrogen-bond donors (Lipinski definition) is 2. The molecule has 0 aliphatic heterocycles. The van der Waals surface area contributed by atoms with E-state index in [-0.39, 0.29) is 5.91 Å². The number of anilines is 1. The van der Waals surface area contributed by atoms with Crippen LogP contribution >= 0.6 is 34.5 Å². The molecule has 1 aromatic heterocycles. The maximum Gasteiger partial charge on any atom is 0.279 e. The molecule has 0 saturated heterocycles. The summed E-state index contributed by atoms with van der Waals surface area (Å²) in [5.74, 6) is -0.199. The smallest absolute Gasteiger partial charge is 0.279 e. The highest BCUT2D eigenvalue weighted by atomic mass is 35.5. The molecular weight excluding hydrogens is 351 g/mol. The van der Waals surface area contributed by atoms with Gasteiger partial charge in [0.1, 0.15) is 0 Å². The van der Waals surface area contributed by atoms with E-state index in [4.69, 9.17) is 23.2 Å². The van der Waals surface area contributed by atoms with E-state index >= 15 is 0 Å². The number of amides is 1. The largest absolute Gasteiger partial charge is 0.298 e. The van der Waals surface area contributed by atoms with Gasteiger partial charge in [0.05, 0.1) is 10.6 Å². The van der Waals surface area contributed by atoms with Crippen LogP contribution in [0.5, 0.6) is 0 Å². The lowest BCUT2D eigenvalue weighted by Crippen LogP contribution is -2.28. The van der Waals surface area contributed by atoms with Crippen LogP contribution in [0.15, 0.2) is 60.7 Å². The van der Waals surface area contributed by atoms with Crippen molar-refractivity contribution in [3.8, 4) is 10.4 Å². The lowest BCUT2D eigenvalue weighted by atomic mass is 10.2. The average Bonchev–Trinajstić information content (AvgIpc) is 3.03. The fraction of sp³-hybridized carbons (Fsp3) is 0. The number of hydrogen-bond acceptors (Lipinski definition) is 3. The summed E-state index contributed by atoms with van der Waals surface area (Å²) >= 11 is 13.2. The molecule has 116 valence electrons. The highest BCUT2D eigenvalue weighted by Gasteiger charge is 2.10. The molecule has 0 atom stereocenters. The summed E-state index contributed by atoms with van der Waals surface area (Å²) in [7, 11) is 0. The van der Waals surface area contributed by atoms with Crippen molar-refractivity contribution in [2.75, 3.05) is 5.43 Å². The average molecular weight is 363 g/mol. The van der Waals surface area contributed by atoms with Crippen LogP contribution in [0.3, 0.4) is 0 Å². The molecule has 0 radical (unpaired) electrons. The minimum Gasteiger partial charge on any atom is -0.298 e. The molecule has 0 unspecified atom stereocenters. The first-order valence-electron chi connectivity index (χ1n) is 6.79. The third-order valence-corrected chi connectivity index (χ3v) is 4.72. The van der Waals surface area contributed by atoms with Gasteiger partial charge in [-0.15, -0.1) is 11.3 Å². The summed E-state index contributed by atoms with van der Waals surface area (Å²) in [5.41, 5.74) is 7.26. The quantitative estimate of drug-likeness (QED) is 0.603. The van der Waals surface area contributed by atoms with Crippen molar-refractivity contribution in [1.82, 2.24) is 5.43 Å². The minimum absolute atomic E-state index is 0.199. The monoisotopic (exact) mass is 362 g/mol. The van der Waals surface area contributed by atoms with Crippen LogP contribution in [-0.4, -0.2) is 5.91 Å². The Hall–Kier alpha value is -2.01.